The van der Waals surface area contributed by atoms with E-state index < -0.39 is 0 Å². The van der Waals surface area contributed by atoms with Crippen LogP contribution in [0.5, 0.6) is 0 Å². The topological polar surface area (TPSA) is 43.1 Å². The van der Waals surface area contributed by atoms with Crippen LogP contribution < -0.4 is 5.73 Å². The molecule has 1 amide bonds. The number of benzene rings is 2. The quantitative estimate of drug-likeness (QED) is 0.684. The number of carbonyl (C=O) groups is 1. The van der Waals surface area contributed by atoms with Crippen molar-refractivity contribution in [2.45, 2.75) is 0 Å². The fraction of sp³-hybridized carbons (Fsp3) is 0. The first-order valence-electron chi connectivity index (χ1n) is 4.06. The Morgan fingerprint density at radius 1 is 1.00 bits per heavy atom. The molecule has 0 aliphatic heterocycles. The van der Waals surface area contributed by atoms with Crippen LogP contribution in [0.25, 0.3) is 10.8 Å². The number of hydrogen-bond donors (Lipinski definition) is 1. The molecule has 3 heteroatoms. The van der Waals surface area contributed by atoms with Crippen LogP contribution in [0.1, 0.15) is 10.4 Å². The van der Waals surface area contributed by atoms with Crippen molar-refractivity contribution in [1.29, 1.82) is 0 Å². The van der Waals surface area contributed by atoms with Gasteiger partial charge in [0.2, 0.25) is 5.91 Å². The zero-order chi connectivity index (χ0) is 9.26. The summed E-state index contributed by atoms with van der Waals surface area (Å²) in [5.41, 5.74) is 5.82. The summed E-state index contributed by atoms with van der Waals surface area (Å²) in [6, 6.07) is 13.2. The summed E-state index contributed by atoms with van der Waals surface area (Å²) in [6.45, 7) is 0. The average Bonchev–Trinajstić information content (AvgIpc) is 2.17. The molecule has 0 aliphatic rings. The number of hydrogen-bond acceptors (Lipinski definition) is 1. The molecule has 0 atom stereocenters. The molecule has 0 radical (unpaired) electrons. The van der Waals surface area contributed by atoms with E-state index in [4.69, 9.17) is 5.73 Å². The molecule has 14 heavy (non-hydrogen) atoms. The number of primary amides is 1. The molecule has 0 aliphatic carbocycles. The fourth-order valence-electron chi connectivity index (χ4n) is 1.44. The van der Waals surface area contributed by atoms with Gasteiger partial charge < -0.3 is 5.73 Å². The number of fused-ring (bicyclic) bond motifs is 1. The van der Waals surface area contributed by atoms with E-state index in [1.54, 1.807) is 6.07 Å². The van der Waals surface area contributed by atoms with Crippen molar-refractivity contribution in [2.24, 2.45) is 5.73 Å². The molecular weight excluding hydrogens is 185 g/mol. The summed E-state index contributed by atoms with van der Waals surface area (Å²) in [7, 11) is 0. The Bertz CT molecular complexity index is 462. The molecule has 2 N–H and O–H groups in total. The second kappa shape index (κ2) is 4.60. The molecule has 66 valence electrons. The van der Waals surface area contributed by atoms with Crippen LogP contribution in [0.3, 0.4) is 0 Å². The number of rotatable bonds is 1. The van der Waals surface area contributed by atoms with Gasteiger partial charge >= 0.3 is 29.6 Å². The van der Waals surface area contributed by atoms with Gasteiger partial charge in [-0.05, 0) is 16.8 Å². The van der Waals surface area contributed by atoms with Crippen molar-refractivity contribution in [3.05, 3.63) is 48.0 Å². The van der Waals surface area contributed by atoms with E-state index in [1.807, 2.05) is 36.4 Å². The van der Waals surface area contributed by atoms with E-state index in [1.165, 1.54) is 0 Å². The molecular formula is C11H10NNaO. The molecule has 2 rings (SSSR count). The monoisotopic (exact) mass is 195 g/mol. The second-order valence-corrected chi connectivity index (χ2v) is 2.89. The molecule has 0 spiro atoms. The minimum absolute atomic E-state index is 0. The van der Waals surface area contributed by atoms with Crippen LogP contribution in [0, 0.1) is 0 Å². The summed E-state index contributed by atoms with van der Waals surface area (Å²) in [6.07, 6.45) is 0. The van der Waals surface area contributed by atoms with Crippen molar-refractivity contribution in [2.75, 3.05) is 0 Å². The van der Waals surface area contributed by atoms with Gasteiger partial charge in [-0.15, -0.1) is 0 Å². The van der Waals surface area contributed by atoms with E-state index in [-0.39, 0.29) is 35.5 Å². The van der Waals surface area contributed by atoms with Crippen molar-refractivity contribution >= 4 is 46.2 Å². The summed E-state index contributed by atoms with van der Waals surface area (Å²) >= 11 is 0. The van der Waals surface area contributed by atoms with Gasteiger partial charge in [0.05, 0.1) is 0 Å². The fourth-order valence-corrected chi connectivity index (χ4v) is 1.44. The molecule has 0 bridgehead atoms. The van der Waals surface area contributed by atoms with Crippen LogP contribution in [-0.4, -0.2) is 35.5 Å². The van der Waals surface area contributed by atoms with Crippen LogP contribution >= 0.6 is 0 Å². The maximum atomic E-state index is 11.0. The molecule has 0 saturated heterocycles. The predicted octanol–water partition coefficient (Wildman–Crippen LogP) is 1.29. The predicted molar refractivity (Wildman–Crippen MR) is 59.6 cm³/mol. The van der Waals surface area contributed by atoms with Gasteiger partial charge in [0.15, 0.2) is 0 Å². The van der Waals surface area contributed by atoms with Crippen molar-refractivity contribution in [1.82, 2.24) is 0 Å². The molecule has 0 unspecified atom stereocenters. The van der Waals surface area contributed by atoms with E-state index in [0.29, 0.717) is 5.56 Å². The van der Waals surface area contributed by atoms with Gasteiger partial charge in [0, 0.05) is 5.56 Å². The summed E-state index contributed by atoms with van der Waals surface area (Å²) < 4.78 is 0. The molecule has 0 heterocycles. The van der Waals surface area contributed by atoms with Gasteiger partial charge in [0.25, 0.3) is 0 Å². The van der Waals surface area contributed by atoms with E-state index in [0.717, 1.165) is 10.8 Å². The van der Waals surface area contributed by atoms with E-state index >= 15 is 0 Å². The Kier molecular flexibility index (Phi) is 3.69. The Balaban J connectivity index is 0.000000980. The van der Waals surface area contributed by atoms with Gasteiger partial charge in [-0.3, -0.25) is 4.79 Å². The van der Waals surface area contributed by atoms with Crippen LogP contribution in [0.15, 0.2) is 42.5 Å². The molecule has 0 fully saturated rings. The first kappa shape index (κ1) is 11.2. The molecule has 2 nitrogen and oxygen atoms in total. The molecule has 0 saturated carbocycles. The Labute approximate surface area is 104 Å². The van der Waals surface area contributed by atoms with Crippen molar-refractivity contribution in [3.63, 3.8) is 0 Å². The summed E-state index contributed by atoms with van der Waals surface area (Å²) in [5, 5.41) is 1.95. The third-order valence-electron chi connectivity index (χ3n) is 2.06. The van der Waals surface area contributed by atoms with Gasteiger partial charge in [-0.2, -0.15) is 0 Å². The second-order valence-electron chi connectivity index (χ2n) is 2.89. The van der Waals surface area contributed by atoms with Gasteiger partial charge in [0.1, 0.15) is 0 Å². The molecule has 0 aromatic heterocycles. The van der Waals surface area contributed by atoms with E-state index in [9.17, 15) is 4.79 Å². The van der Waals surface area contributed by atoms with Crippen molar-refractivity contribution in [3.8, 4) is 0 Å². The van der Waals surface area contributed by atoms with Crippen LogP contribution in [0.4, 0.5) is 0 Å². The first-order chi connectivity index (χ1) is 6.29. The third kappa shape index (κ3) is 1.98. The number of carbonyl (C=O) groups excluding carboxylic acids is 1. The summed E-state index contributed by atoms with van der Waals surface area (Å²) in [5.74, 6) is -0.378. The SMILES string of the molecule is NC(=O)c1cccc2ccccc12.[NaH]. The zero-order valence-corrected chi connectivity index (χ0v) is 7.03. The molecule has 2 aromatic carbocycles. The Hall–Kier alpha value is -0.830. The Morgan fingerprint density at radius 2 is 1.64 bits per heavy atom. The number of nitrogens with two attached hydrogens (primary N) is 1. The normalized spacial score (nSPS) is 9.43. The third-order valence-corrected chi connectivity index (χ3v) is 2.06. The zero-order valence-electron chi connectivity index (χ0n) is 7.03. The average molecular weight is 195 g/mol. The van der Waals surface area contributed by atoms with E-state index in [2.05, 4.69) is 0 Å². The molecule has 2 aromatic rings. The Morgan fingerprint density at radius 3 is 2.36 bits per heavy atom. The first-order valence-corrected chi connectivity index (χ1v) is 4.06. The van der Waals surface area contributed by atoms with Gasteiger partial charge in [-0.25, -0.2) is 0 Å². The standard InChI is InChI=1S/C11H9NO.Na.H/c12-11(13)10-7-3-5-8-4-1-2-6-9(8)10;;/h1-7H,(H2,12,13);;. The minimum atomic E-state index is -0.378. The summed E-state index contributed by atoms with van der Waals surface area (Å²) in [4.78, 5) is 11.0. The number of amides is 1. The van der Waals surface area contributed by atoms with Crippen LogP contribution in [-0.2, 0) is 0 Å². The van der Waals surface area contributed by atoms with Crippen molar-refractivity contribution < 1.29 is 4.79 Å². The van der Waals surface area contributed by atoms with Crippen LogP contribution in [0.2, 0.25) is 0 Å². The van der Waals surface area contributed by atoms with Gasteiger partial charge in [-0.1, -0.05) is 36.4 Å². The maximum absolute atomic E-state index is 11.0.